The Morgan fingerprint density at radius 3 is 2.51 bits per heavy atom. The molecule has 39 heavy (non-hydrogen) atoms. The van der Waals surface area contributed by atoms with E-state index in [4.69, 9.17) is 4.42 Å². The molecule has 0 atom stereocenters. The van der Waals surface area contributed by atoms with E-state index in [1.165, 1.54) is 34.4 Å². The predicted molar refractivity (Wildman–Crippen MR) is 157 cm³/mol. The van der Waals surface area contributed by atoms with Crippen molar-refractivity contribution in [2.45, 2.75) is 13.3 Å². The lowest BCUT2D eigenvalue weighted by Gasteiger charge is -2.14. The Labute approximate surface area is 228 Å². The van der Waals surface area contributed by atoms with Crippen LogP contribution in [0.2, 0.25) is 0 Å². The number of rotatable bonds is 6. The number of hydrogen-bond donors (Lipinski definition) is 0. The molecule has 6 nitrogen and oxygen atoms in total. The summed E-state index contributed by atoms with van der Waals surface area (Å²) in [4.78, 5) is 31.4. The van der Waals surface area contributed by atoms with Gasteiger partial charge in [-0.05, 0) is 66.4 Å². The number of carbonyl (C=O) groups is 1. The van der Waals surface area contributed by atoms with E-state index in [1.807, 2.05) is 55.5 Å². The summed E-state index contributed by atoms with van der Waals surface area (Å²) in [5.74, 6) is -0.349. The lowest BCUT2D eigenvalue weighted by Crippen LogP contribution is -2.26. The van der Waals surface area contributed by atoms with Gasteiger partial charge in [-0.1, -0.05) is 72.0 Å². The molecule has 0 bridgehead atoms. The zero-order valence-corrected chi connectivity index (χ0v) is 21.9. The number of nitrogens with zero attached hydrogens (tertiary/aromatic N) is 3. The third-order valence-electron chi connectivity index (χ3n) is 6.38. The fraction of sp³-hybridized carbons (Fsp3) is 0.0625. The molecule has 0 spiro atoms. The van der Waals surface area contributed by atoms with Crippen LogP contribution in [0.5, 0.6) is 0 Å². The number of thiazole rings is 1. The van der Waals surface area contributed by atoms with Crippen molar-refractivity contribution >= 4 is 49.8 Å². The van der Waals surface area contributed by atoms with E-state index in [2.05, 4.69) is 22.2 Å². The van der Waals surface area contributed by atoms with Crippen LogP contribution < -0.4 is 10.4 Å². The third kappa shape index (κ3) is 5.12. The minimum atomic E-state index is -0.349. The van der Waals surface area contributed by atoms with Gasteiger partial charge in [0.25, 0.3) is 5.91 Å². The number of amides is 1. The van der Waals surface area contributed by atoms with Crippen LogP contribution in [-0.2, 0) is 6.42 Å². The predicted octanol–water partition coefficient (Wildman–Crippen LogP) is 6.98. The van der Waals surface area contributed by atoms with Crippen LogP contribution in [0.4, 0.5) is 5.13 Å². The quantitative estimate of drug-likeness (QED) is 0.172. The molecule has 0 N–H and O–H groups in total. The lowest BCUT2D eigenvalue weighted by atomic mass is 10.0. The lowest BCUT2D eigenvalue weighted by molar-refractivity contribution is 0.0988. The molecule has 7 heteroatoms. The fourth-order valence-electron chi connectivity index (χ4n) is 4.32. The van der Waals surface area contributed by atoms with E-state index in [0.717, 1.165) is 27.8 Å². The SMILES string of the molecule is Cc1ccc2nc(N(/N=C/c3coc4ccccc4c3=O)C(=O)c3ccc(Cc4ccccc4)cc3)sc2c1. The van der Waals surface area contributed by atoms with E-state index in [1.54, 1.807) is 36.4 Å². The Morgan fingerprint density at radius 1 is 0.949 bits per heavy atom. The third-order valence-corrected chi connectivity index (χ3v) is 7.37. The molecule has 0 aliphatic rings. The highest BCUT2D eigenvalue weighted by molar-refractivity contribution is 7.22. The highest BCUT2D eigenvalue weighted by atomic mass is 32.1. The van der Waals surface area contributed by atoms with Crippen molar-refractivity contribution < 1.29 is 9.21 Å². The number of hydrogen-bond acceptors (Lipinski definition) is 6. The first-order valence-electron chi connectivity index (χ1n) is 12.4. The largest absolute Gasteiger partial charge is 0.463 e. The number of aromatic nitrogens is 1. The first-order chi connectivity index (χ1) is 19.0. The molecule has 0 unspecified atom stereocenters. The summed E-state index contributed by atoms with van der Waals surface area (Å²) in [6.45, 7) is 2.01. The van der Waals surface area contributed by atoms with Crippen molar-refractivity contribution in [3.8, 4) is 0 Å². The summed E-state index contributed by atoms with van der Waals surface area (Å²) in [5, 5.41) is 6.57. The Bertz CT molecular complexity index is 1890. The van der Waals surface area contributed by atoms with Crippen molar-refractivity contribution in [1.29, 1.82) is 0 Å². The number of fused-ring (bicyclic) bond motifs is 2. The summed E-state index contributed by atoms with van der Waals surface area (Å²) >= 11 is 1.37. The Hall–Kier alpha value is -4.88. The van der Waals surface area contributed by atoms with Gasteiger partial charge in [0.2, 0.25) is 10.6 Å². The van der Waals surface area contributed by atoms with Crippen LogP contribution in [0.3, 0.4) is 0 Å². The van der Waals surface area contributed by atoms with E-state index in [0.29, 0.717) is 21.7 Å². The normalized spacial score (nSPS) is 11.4. The number of para-hydroxylation sites is 1. The summed E-state index contributed by atoms with van der Waals surface area (Å²) in [5.41, 5.74) is 5.13. The number of carbonyl (C=O) groups excluding carboxylic acids is 1. The van der Waals surface area contributed by atoms with Gasteiger partial charge in [-0.25, -0.2) is 4.98 Å². The van der Waals surface area contributed by atoms with Crippen molar-refractivity contribution in [3.63, 3.8) is 0 Å². The van der Waals surface area contributed by atoms with Gasteiger partial charge in [-0.2, -0.15) is 10.1 Å². The molecule has 0 fully saturated rings. The second-order valence-electron chi connectivity index (χ2n) is 9.20. The van der Waals surface area contributed by atoms with Crippen LogP contribution in [0.1, 0.15) is 32.6 Å². The molecular weight excluding hydrogens is 506 g/mol. The molecule has 0 aliphatic heterocycles. The van der Waals surface area contributed by atoms with Crippen LogP contribution in [0.15, 0.2) is 118 Å². The number of benzene rings is 4. The molecule has 1 amide bonds. The zero-order valence-electron chi connectivity index (χ0n) is 21.1. The summed E-state index contributed by atoms with van der Waals surface area (Å²) in [7, 11) is 0. The maximum Gasteiger partial charge on any atom is 0.280 e. The van der Waals surface area contributed by atoms with Gasteiger partial charge in [0, 0.05) is 5.56 Å². The van der Waals surface area contributed by atoms with E-state index in [9.17, 15) is 9.59 Å². The van der Waals surface area contributed by atoms with E-state index < -0.39 is 0 Å². The second-order valence-corrected chi connectivity index (χ2v) is 10.2. The van der Waals surface area contributed by atoms with E-state index in [-0.39, 0.29) is 16.9 Å². The maximum absolute atomic E-state index is 13.8. The molecular formula is C32H23N3O3S. The minimum absolute atomic E-state index is 0.224. The highest BCUT2D eigenvalue weighted by Crippen LogP contribution is 2.31. The molecule has 0 aliphatic carbocycles. The van der Waals surface area contributed by atoms with Gasteiger partial charge in [0.05, 0.1) is 27.4 Å². The van der Waals surface area contributed by atoms with Gasteiger partial charge >= 0.3 is 0 Å². The van der Waals surface area contributed by atoms with E-state index >= 15 is 0 Å². The topological polar surface area (TPSA) is 75.8 Å². The molecule has 0 saturated carbocycles. The van der Waals surface area contributed by atoms with Gasteiger partial charge in [0.1, 0.15) is 11.8 Å². The van der Waals surface area contributed by atoms with Gasteiger partial charge < -0.3 is 4.42 Å². The summed E-state index contributed by atoms with van der Waals surface area (Å²) in [6, 6.07) is 30.6. The minimum Gasteiger partial charge on any atom is -0.463 e. The average Bonchev–Trinajstić information content (AvgIpc) is 3.38. The Balaban J connectivity index is 1.36. The first-order valence-corrected chi connectivity index (χ1v) is 13.3. The smallest absolute Gasteiger partial charge is 0.280 e. The fourth-order valence-corrected chi connectivity index (χ4v) is 5.34. The number of aryl methyl sites for hydroxylation is 1. The Morgan fingerprint density at radius 2 is 1.69 bits per heavy atom. The van der Waals surface area contributed by atoms with Crippen LogP contribution in [-0.4, -0.2) is 17.1 Å². The van der Waals surface area contributed by atoms with Crippen molar-refractivity contribution in [2.24, 2.45) is 5.10 Å². The van der Waals surface area contributed by atoms with Crippen molar-refractivity contribution in [1.82, 2.24) is 4.98 Å². The number of anilines is 1. The first kappa shape index (κ1) is 24.5. The molecule has 0 saturated heterocycles. The highest BCUT2D eigenvalue weighted by Gasteiger charge is 2.21. The van der Waals surface area contributed by atoms with Crippen molar-refractivity contribution in [2.75, 3.05) is 5.01 Å². The molecule has 0 radical (unpaired) electrons. The summed E-state index contributed by atoms with van der Waals surface area (Å²) < 4.78 is 6.57. The standard InChI is InChI=1S/C32H23N3O3S/c1-21-11-16-27-29(17-21)39-32(34-27)35(33-19-25-20-38-28-10-6-5-9-26(28)30(25)36)31(37)24-14-12-23(13-15-24)18-22-7-3-2-4-8-22/h2-17,19-20H,18H2,1H3/b33-19+. The van der Waals surface area contributed by atoms with Crippen LogP contribution in [0, 0.1) is 6.92 Å². The van der Waals surface area contributed by atoms with Gasteiger partial charge in [-0.3, -0.25) is 9.59 Å². The summed E-state index contributed by atoms with van der Waals surface area (Å²) in [6.07, 6.45) is 3.49. The molecule has 4 aromatic carbocycles. The molecule has 6 rings (SSSR count). The molecule has 2 heterocycles. The van der Waals surface area contributed by atoms with Gasteiger partial charge in [-0.15, -0.1) is 0 Å². The Kier molecular flexibility index (Phi) is 6.57. The monoisotopic (exact) mass is 529 g/mol. The second kappa shape index (κ2) is 10.5. The molecule has 190 valence electrons. The van der Waals surface area contributed by atoms with Gasteiger partial charge in [0.15, 0.2) is 0 Å². The van der Waals surface area contributed by atoms with Crippen LogP contribution >= 0.6 is 11.3 Å². The van der Waals surface area contributed by atoms with Crippen molar-refractivity contribution in [3.05, 3.63) is 141 Å². The zero-order chi connectivity index (χ0) is 26.8. The van der Waals surface area contributed by atoms with Crippen LogP contribution in [0.25, 0.3) is 21.2 Å². The number of hydrazone groups is 1. The maximum atomic E-state index is 13.8. The molecule has 2 aromatic heterocycles. The molecule has 6 aromatic rings. The average molecular weight is 530 g/mol.